The third kappa shape index (κ3) is 5.49. The van der Waals surface area contributed by atoms with Crippen LogP contribution in [0.15, 0.2) is 30.3 Å². The van der Waals surface area contributed by atoms with E-state index >= 15 is 0 Å². The average Bonchev–Trinajstić information content (AvgIpc) is 2.74. The van der Waals surface area contributed by atoms with Crippen molar-refractivity contribution >= 4 is 0 Å². The minimum absolute atomic E-state index is 0.700. The molecule has 1 saturated carbocycles. The van der Waals surface area contributed by atoms with Gasteiger partial charge in [-0.25, -0.2) is 0 Å². The van der Waals surface area contributed by atoms with Crippen LogP contribution in [0.25, 0.3) is 0 Å². The Bertz CT molecular complexity index is 370. The zero-order valence-corrected chi connectivity index (χ0v) is 14.3. The molecule has 1 radical (unpaired) electrons. The van der Waals surface area contributed by atoms with E-state index in [0.717, 1.165) is 11.8 Å². The average molecular weight is 285 g/mol. The van der Waals surface area contributed by atoms with Crippen molar-refractivity contribution in [1.82, 2.24) is 0 Å². The summed E-state index contributed by atoms with van der Waals surface area (Å²) in [6, 6.07) is 11.0. The van der Waals surface area contributed by atoms with E-state index in [2.05, 4.69) is 51.1 Å². The number of hydrogen-bond donors (Lipinski definition) is 0. The fourth-order valence-corrected chi connectivity index (χ4v) is 4.03. The molecule has 1 aliphatic carbocycles. The molecule has 1 atom stereocenters. The summed E-state index contributed by atoms with van der Waals surface area (Å²) < 4.78 is 0. The molecule has 21 heavy (non-hydrogen) atoms. The summed E-state index contributed by atoms with van der Waals surface area (Å²) in [7, 11) is 0. The maximum atomic E-state index is 2.48. The van der Waals surface area contributed by atoms with Crippen molar-refractivity contribution in [2.24, 2.45) is 17.8 Å². The van der Waals surface area contributed by atoms with Crippen molar-refractivity contribution in [2.45, 2.75) is 72.1 Å². The predicted octanol–water partition coefficient (Wildman–Crippen LogP) is 6.46. The smallest absolute Gasteiger partial charge is 0.0144 e. The zero-order valence-electron chi connectivity index (χ0n) is 14.3. The Kier molecular flexibility index (Phi) is 6.80. The van der Waals surface area contributed by atoms with E-state index in [0.29, 0.717) is 5.92 Å². The Morgan fingerprint density at radius 3 is 2.14 bits per heavy atom. The van der Waals surface area contributed by atoms with Crippen LogP contribution >= 0.6 is 0 Å². The molecule has 0 heterocycles. The molecule has 117 valence electrons. The fraction of sp³-hybridized carbons (Fsp3) is 0.667. The minimum Gasteiger partial charge on any atom is -0.0622 e. The highest BCUT2D eigenvalue weighted by atomic mass is 14.3. The normalized spacial score (nSPS) is 18.9. The van der Waals surface area contributed by atoms with Crippen LogP contribution in [-0.4, -0.2) is 0 Å². The Morgan fingerprint density at radius 1 is 0.952 bits per heavy atom. The van der Waals surface area contributed by atoms with Crippen LogP contribution < -0.4 is 0 Å². The van der Waals surface area contributed by atoms with E-state index in [-0.39, 0.29) is 0 Å². The van der Waals surface area contributed by atoms with Gasteiger partial charge >= 0.3 is 0 Å². The first kappa shape index (κ1) is 16.6. The lowest BCUT2D eigenvalue weighted by molar-refractivity contribution is 0.334. The first-order valence-electron chi connectivity index (χ1n) is 9.06. The molecule has 0 aliphatic heterocycles. The Labute approximate surface area is 132 Å². The monoisotopic (exact) mass is 285 g/mol. The topological polar surface area (TPSA) is 0 Å². The molecule has 0 aromatic heterocycles. The first-order valence-corrected chi connectivity index (χ1v) is 9.06. The van der Waals surface area contributed by atoms with Crippen molar-refractivity contribution in [2.75, 3.05) is 0 Å². The van der Waals surface area contributed by atoms with Gasteiger partial charge in [-0.3, -0.25) is 0 Å². The largest absolute Gasteiger partial charge is 0.0622 e. The highest BCUT2D eigenvalue weighted by molar-refractivity contribution is 5.20. The quantitative estimate of drug-likeness (QED) is 0.526. The van der Waals surface area contributed by atoms with Gasteiger partial charge in [-0.1, -0.05) is 89.6 Å². The number of rotatable bonds is 6. The summed E-state index contributed by atoms with van der Waals surface area (Å²) in [4.78, 5) is 0. The second-order valence-corrected chi connectivity index (χ2v) is 7.39. The summed E-state index contributed by atoms with van der Waals surface area (Å²) in [6.07, 6.45) is 11.4. The van der Waals surface area contributed by atoms with Crippen LogP contribution in [0, 0.1) is 23.7 Å². The van der Waals surface area contributed by atoms with E-state index in [1.165, 1.54) is 56.9 Å². The number of hydrogen-bond acceptors (Lipinski definition) is 0. The molecule has 0 amide bonds. The van der Waals surface area contributed by atoms with Gasteiger partial charge in [-0.2, -0.15) is 0 Å². The van der Waals surface area contributed by atoms with Crippen LogP contribution in [0.1, 0.15) is 71.3 Å². The van der Waals surface area contributed by atoms with E-state index in [1.54, 1.807) is 5.92 Å². The molecular formula is C21H33. The van der Waals surface area contributed by atoms with Crippen LogP contribution in [0.4, 0.5) is 0 Å². The van der Waals surface area contributed by atoms with Gasteiger partial charge in [0.2, 0.25) is 0 Å². The second-order valence-electron chi connectivity index (χ2n) is 7.39. The summed E-state index contributed by atoms with van der Waals surface area (Å²) in [6.45, 7) is 7.23. The summed E-state index contributed by atoms with van der Waals surface area (Å²) in [5.41, 5.74) is 1.48. The molecule has 0 saturated heterocycles. The van der Waals surface area contributed by atoms with Gasteiger partial charge in [0.25, 0.3) is 0 Å². The molecule has 1 aliphatic rings. The number of benzene rings is 1. The summed E-state index contributed by atoms with van der Waals surface area (Å²) in [5.74, 6) is 4.21. The highest BCUT2D eigenvalue weighted by Crippen LogP contribution is 2.35. The minimum atomic E-state index is 0.700. The van der Waals surface area contributed by atoms with Crippen molar-refractivity contribution in [3.05, 3.63) is 41.8 Å². The molecule has 0 heteroatoms. The van der Waals surface area contributed by atoms with Crippen molar-refractivity contribution in [1.29, 1.82) is 0 Å². The SMILES string of the molecule is CC(C)[C](Cc1ccccc1)C(C)CC1CCCCCC1. The van der Waals surface area contributed by atoms with Crippen LogP contribution in [0.3, 0.4) is 0 Å². The summed E-state index contributed by atoms with van der Waals surface area (Å²) in [5, 5.41) is 0. The van der Waals surface area contributed by atoms with Gasteiger partial charge in [0.1, 0.15) is 0 Å². The molecule has 1 unspecified atom stereocenters. The fourth-order valence-electron chi connectivity index (χ4n) is 4.03. The van der Waals surface area contributed by atoms with Crippen LogP contribution in [-0.2, 0) is 6.42 Å². The lowest BCUT2D eigenvalue weighted by atomic mass is 9.75. The van der Waals surface area contributed by atoms with Gasteiger partial charge in [0.05, 0.1) is 0 Å². The molecule has 2 rings (SSSR count). The first-order chi connectivity index (χ1) is 10.2. The molecule has 0 spiro atoms. The molecular weight excluding hydrogens is 252 g/mol. The van der Waals surface area contributed by atoms with Crippen molar-refractivity contribution < 1.29 is 0 Å². The third-order valence-electron chi connectivity index (χ3n) is 5.29. The maximum absolute atomic E-state index is 2.48. The maximum Gasteiger partial charge on any atom is -0.0144 e. The summed E-state index contributed by atoms with van der Waals surface area (Å²) >= 11 is 0. The van der Waals surface area contributed by atoms with Gasteiger partial charge < -0.3 is 0 Å². The van der Waals surface area contributed by atoms with Gasteiger partial charge in [0.15, 0.2) is 0 Å². The molecule has 1 fully saturated rings. The molecule has 1 aromatic carbocycles. The van der Waals surface area contributed by atoms with E-state index in [1.807, 2.05) is 0 Å². The Balaban J connectivity index is 1.93. The molecule has 0 N–H and O–H groups in total. The Hall–Kier alpha value is -0.780. The van der Waals surface area contributed by atoms with Crippen molar-refractivity contribution in [3.8, 4) is 0 Å². The van der Waals surface area contributed by atoms with Gasteiger partial charge in [0, 0.05) is 0 Å². The van der Waals surface area contributed by atoms with Gasteiger partial charge in [-0.15, -0.1) is 0 Å². The molecule has 0 bridgehead atoms. The van der Waals surface area contributed by atoms with Gasteiger partial charge in [-0.05, 0) is 42.1 Å². The predicted molar refractivity (Wildman–Crippen MR) is 93.2 cm³/mol. The lowest BCUT2D eigenvalue weighted by Gasteiger charge is -2.30. The van der Waals surface area contributed by atoms with E-state index < -0.39 is 0 Å². The Morgan fingerprint density at radius 2 is 1.57 bits per heavy atom. The third-order valence-corrected chi connectivity index (χ3v) is 5.29. The van der Waals surface area contributed by atoms with E-state index in [4.69, 9.17) is 0 Å². The zero-order chi connectivity index (χ0) is 15.1. The van der Waals surface area contributed by atoms with E-state index in [9.17, 15) is 0 Å². The lowest BCUT2D eigenvalue weighted by Crippen LogP contribution is -2.21. The molecule has 0 nitrogen and oxygen atoms in total. The highest BCUT2D eigenvalue weighted by Gasteiger charge is 2.25. The second kappa shape index (κ2) is 8.61. The molecule has 1 aromatic rings. The van der Waals surface area contributed by atoms with Crippen LogP contribution in [0.2, 0.25) is 0 Å². The standard InChI is InChI=1S/C21H33/c1-17(2)21(16-20-13-9-6-10-14-20)18(3)15-19-11-7-4-5-8-12-19/h6,9-10,13-14,17-19H,4-5,7-8,11-12,15-16H2,1-3H3. The van der Waals surface area contributed by atoms with Crippen molar-refractivity contribution in [3.63, 3.8) is 0 Å². The van der Waals surface area contributed by atoms with Crippen LogP contribution in [0.5, 0.6) is 0 Å².